The fourth-order valence-electron chi connectivity index (χ4n) is 1.52. The van der Waals surface area contributed by atoms with Crippen molar-refractivity contribution < 1.29 is 14.1 Å². The second kappa shape index (κ2) is 7.52. The molecule has 0 aliphatic heterocycles. The van der Waals surface area contributed by atoms with Crippen LogP contribution in [0.25, 0.3) is 0 Å². The lowest BCUT2D eigenvalue weighted by molar-refractivity contribution is -0.133. The molecule has 1 aromatic rings. The monoisotopic (exact) mass is 268 g/mol. The third-order valence-electron chi connectivity index (χ3n) is 2.52. The molecule has 106 valence electrons. The van der Waals surface area contributed by atoms with Crippen LogP contribution in [0.15, 0.2) is 10.6 Å². The summed E-state index contributed by atoms with van der Waals surface area (Å²) in [5, 5.41) is 9.18. The average Bonchev–Trinajstić information content (AvgIpc) is 2.74. The summed E-state index contributed by atoms with van der Waals surface area (Å²) >= 11 is 0. The summed E-state index contributed by atoms with van der Waals surface area (Å²) in [4.78, 5) is 24.8. The highest BCUT2D eigenvalue weighted by molar-refractivity contribution is 5.93. The molecule has 0 radical (unpaired) electrons. The topological polar surface area (TPSA) is 87.5 Å². The first-order chi connectivity index (χ1) is 9.02. The highest BCUT2D eigenvalue weighted by Crippen LogP contribution is 2.06. The zero-order valence-corrected chi connectivity index (χ0v) is 11.5. The van der Waals surface area contributed by atoms with Crippen LogP contribution in [0.4, 0.5) is 5.82 Å². The summed E-state index contributed by atoms with van der Waals surface area (Å²) in [6.45, 7) is 2.52. The Morgan fingerprint density at radius 3 is 2.79 bits per heavy atom. The van der Waals surface area contributed by atoms with Crippen molar-refractivity contribution in [2.75, 3.05) is 32.5 Å². The molecule has 7 nitrogen and oxygen atoms in total. The molecule has 2 N–H and O–H groups in total. The standard InChI is InChI=1S/C12H20N4O3/c1-9-7-10(15-19-9)14-11(17)8-16(3)12(18)5-4-6-13-2/h7,13H,4-6,8H2,1-3H3,(H,14,15,17). The molecule has 0 atom stereocenters. The number of nitrogens with one attached hydrogen (secondary N) is 2. The summed E-state index contributed by atoms with van der Waals surface area (Å²) in [5.74, 6) is 0.629. The Balaban J connectivity index is 2.32. The van der Waals surface area contributed by atoms with Gasteiger partial charge < -0.3 is 20.1 Å². The van der Waals surface area contributed by atoms with Gasteiger partial charge in [-0.2, -0.15) is 0 Å². The van der Waals surface area contributed by atoms with E-state index in [0.29, 0.717) is 18.0 Å². The van der Waals surface area contributed by atoms with Crippen molar-refractivity contribution in [1.29, 1.82) is 0 Å². The van der Waals surface area contributed by atoms with Crippen LogP contribution < -0.4 is 10.6 Å². The highest BCUT2D eigenvalue weighted by Gasteiger charge is 2.13. The predicted octanol–water partition coefficient (Wildman–Crippen LogP) is 0.380. The Morgan fingerprint density at radius 2 is 2.21 bits per heavy atom. The minimum absolute atomic E-state index is 0.00426. The van der Waals surface area contributed by atoms with E-state index in [1.54, 1.807) is 20.0 Å². The summed E-state index contributed by atoms with van der Waals surface area (Å²) in [6, 6.07) is 1.62. The van der Waals surface area contributed by atoms with E-state index in [0.717, 1.165) is 13.0 Å². The maximum atomic E-state index is 11.7. The van der Waals surface area contributed by atoms with Gasteiger partial charge in [-0.15, -0.1) is 0 Å². The van der Waals surface area contributed by atoms with Crippen molar-refractivity contribution in [1.82, 2.24) is 15.4 Å². The van der Waals surface area contributed by atoms with Gasteiger partial charge in [0.2, 0.25) is 11.8 Å². The molecule has 0 fully saturated rings. The molecule has 0 aliphatic rings. The quantitative estimate of drug-likeness (QED) is 0.698. The van der Waals surface area contributed by atoms with E-state index < -0.39 is 0 Å². The fraction of sp³-hybridized carbons (Fsp3) is 0.583. The van der Waals surface area contributed by atoms with Gasteiger partial charge in [-0.05, 0) is 26.9 Å². The van der Waals surface area contributed by atoms with E-state index >= 15 is 0 Å². The van der Waals surface area contributed by atoms with E-state index in [-0.39, 0.29) is 18.4 Å². The number of hydrogen-bond acceptors (Lipinski definition) is 5. The number of aryl methyl sites for hydroxylation is 1. The number of hydrogen-bond donors (Lipinski definition) is 2. The van der Waals surface area contributed by atoms with Crippen molar-refractivity contribution in [3.63, 3.8) is 0 Å². The molecule has 1 rings (SSSR count). The summed E-state index contributed by atoms with van der Waals surface area (Å²) in [7, 11) is 3.44. The van der Waals surface area contributed by atoms with Crippen LogP contribution in [0.5, 0.6) is 0 Å². The van der Waals surface area contributed by atoms with Gasteiger partial charge in [0.15, 0.2) is 5.82 Å². The molecule has 0 saturated carbocycles. The molecule has 7 heteroatoms. The molecule has 0 unspecified atom stereocenters. The third kappa shape index (κ3) is 5.52. The predicted molar refractivity (Wildman–Crippen MR) is 70.7 cm³/mol. The van der Waals surface area contributed by atoms with E-state index in [1.165, 1.54) is 4.90 Å². The van der Waals surface area contributed by atoms with Crippen LogP contribution in [-0.4, -0.2) is 49.1 Å². The third-order valence-corrected chi connectivity index (χ3v) is 2.52. The van der Waals surface area contributed by atoms with Gasteiger partial charge in [0.05, 0.1) is 6.54 Å². The second-order valence-electron chi connectivity index (χ2n) is 4.33. The minimum atomic E-state index is -0.294. The first-order valence-electron chi connectivity index (χ1n) is 6.14. The molecular formula is C12H20N4O3. The minimum Gasteiger partial charge on any atom is -0.360 e. The molecule has 0 bridgehead atoms. The van der Waals surface area contributed by atoms with Gasteiger partial charge in [0, 0.05) is 19.5 Å². The second-order valence-corrected chi connectivity index (χ2v) is 4.33. The lowest BCUT2D eigenvalue weighted by atomic mass is 10.3. The van der Waals surface area contributed by atoms with Crippen LogP contribution in [0.1, 0.15) is 18.6 Å². The largest absolute Gasteiger partial charge is 0.360 e. The summed E-state index contributed by atoms with van der Waals surface area (Å²) in [6.07, 6.45) is 1.18. The highest BCUT2D eigenvalue weighted by atomic mass is 16.5. The number of carbonyl (C=O) groups excluding carboxylic acids is 2. The maximum absolute atomic E-state index is 11.7. The molecule has 0 aromatic carbocycles. The Morgan fingerprint density at radius 1 is 1.47 bits per heavy atom. The zero-order chi connectivity index (χ0) is 14.3. The van der Waals surface area contributed by atoms with Crippen molar-refractivity contribution in [3.05, 3.63) is 11.8 Å². The number of carbonyl (C=O) groups is 2. The van der Waals surface area contributed by atoms with Gasteiger partial charge >= 0.3 is 0 Å². The molecule has 0 spiro atoms. The Labute approximate surface area is 112 Å². The smallest absolute Gasteiger partial charge is 0.245 e. The van der Waals surface area contributed by atoms with E-state index in [4.69, 9.17) is 4.52 Å². The van der Waals surface area contributed by atoms with Crippen molar-refractivity contribution in [2.24, 2.45) is 0 Å². The lowest BCUT2D eigenvalue weighted by Gasteiger charge is -2.16. The van der Waals surface area contributed by atoms with Crippen LogP contribution in [0.2, 0.25) is 0 Å². The Kier molecular flexibility index (Phi) is 6.01. The van der Waals surface area contributed by atoms with E-state index in [9.17, 15) is 9.59 Å². The molecule has 19 heavy (non-hydrogen) atoms. The van der Waals surface area contributed by atoms with Crippen LogP contribution >= 0.6 is 0 Å². The number of amides is 2. The van der Waals surface area contributed by atoms with Crippen molar-refractivity contribution in [3.8, 4) is 0 Å². The van der Waals surface area contributed by atoms with Gasteiger partial charge in [-0.1, -0.05) is 5.16 Å². The molecule has 2 amide bonds. The first kappa shape index (κ1) is 15.2. The maximum Gasteiger partial charge on any atom is 0.245 e. The normalized spacial score (nSPS) is 10.3. The SMILES string of the molecule is CNCCCC(=O)N(C)CC(=O)Nc1cc(C)on1. The van der Waals surface area contributed by atoms with Crippen LogP contribution in [-0.2, 0) is 9.59 Å². The molecule has 1 aromatic heterocycles. The Hall–Kier alpha value is -1.89. The van der Waals surface area contributed by atoms with Gasteiger partial charge in [-0.3, -0.25) is 9.59 Å². The van der Waals surface area contributed by atoms with Gasteiger partial charge in [0.1, 0.15) is 5.76 Å². The van der Waals surface area contributed by atoms with Gasteiger partial charge in [0.25, 0.3) is 0 Å². The first-order valence-corrected chi connectivity index (χ1v) is 6.14. The Bertz CT molecular complexity index is 430. The van der Waals surface area contributed by atoms with Crippen LogP contribution in [0.3, 0.4) is 0 Å². The number of aromatic nitrogens is 1. The number of likely N-dealkylation sites (N-methyl/N-ethyl adjacent to an activating group) is 1. The zero-order valence-electron chi connectivity index (χ0n) is 11.5. The van der Waals surface area contributed by atoms with Crippen molar-refractivity contribution >= 4 is 17.6 Å². The van der Waals surface area contributed by atoms with Crippen molar-refractivity contribution in [2.45, 2.75) is 19.8 Å². The number of rotatable bonds is 7. The van der Waals surface area contributed by atoms with Gasteiger partial charge in [-0.25, -0.2) is 0 Å². The lowest BCUT2D eigenvalue weighted by Crippen LogP contribution is -2.35. The van der Waals surface area contributed by atoms with Crippen LogP contribution in [0, 0.1) is 6.92 Å². The summed E-state index contributed by atoms with van der Waals surface area (Å²) in [5.41, 5.74) is 0. The number of anilines is 1. The van der Waals surface area contributed by atoms with E-state index in [1.807, 2.05) is 7.05 Å². The molecule has 1 heterocycles. The average molecular weight is 268 g/mol. The van der Waals surface area contributed by atoms with E-state index in [2.05, 4.69) is 15.8 Å². The summed E-state index contributed by atoms with van der Waals surface area (Å²) < 4.78 is 4.83. The molecule has 0 aliphatic carbocycles. The molecular weight excluding hydrogens is 248 g/mol. The number of nitrogens with zero attached hydrogens (tertiary/aromatic N) is 2. The fourth-order valence-corrected chi connectivity index (χ4v) is 1.52. The molecule has 0 saturated heterocycles.